The predicted octanol–water partition coefficient (Wildman–Crippen LogP) is 4.71. The molecular weight excluding hydrogens is 389 g/mol. The summed E-state index contributed by atoms with van der Waals surface area (Å²) in [7, 11) is 0. The summed E-state index contributed by atoms with van der Waals surface area (Å²) < 4.78 is 41.1. The second-order valence-electron chi connectivity index (χ2n) is 3.83. The smallest absolute Gasteiger partial charge is 0.146 e. The number of halogens is 5. The van der Waals surface area contributed by atoms with E-state index >= 15 is 0 Å². The van der Waals surface area contributed by atoms with Crippen LogP contribution in [0.15, 0.2) is 39.3 Å². The lowest BCUT2D eigenvalue weighted by atomic mass is 10.0. The highest BCUT2D eigenvalue weighted by Crippen LogP contribution is 2.34. The van der Waals surface area contributed by atoms with E-state index in [4.69, 9.17) is 0 Å². The highest BCUT2D eigenvalue weighted by molar-refractivity contribution is 9.10. The Bertz CT molecular complexity index is 632. The topological polar surface area (TPSA) is 20.2 Å². The van der Waals surface area contributed by atoms with Gasteiger partial charge in [-0.15, -0.1) is 0 Å². The van der Waals surface area contributed by atoms with Gasteiger partial charge in [0.1, 0.15) is 23.6 Å². The van der Waals surface area contributed by atoms with E-state index in [1.54, 1.807) is 0 Å². The van der Waals surface area contributed by atoms with Crippen molar-refractivity contribution >= 4 is 31.9 Å². The average molecular weight is 396 g/mol. The zero-order valence-electron chi connectivity index (χ0n) is 9.30. The Morgan fingerprint density at radius 3 is 2.26 bits per heavy atom. The molecule has 1 atom stereocenters. The third-order valence-corrected chi connectivity index (χ3v) is 3.94. The van der Waals surface area contributed by atoms with Crippen LogP contribution in [0.2, 0.25) is 0 Å². The van der Waals surface area contributed by atoms with Crippen LogP contribution in [0.4, 0.5) is 13.2 Å². The molecule has 0 fully saturated rings. The average Bonchev–Trinajstić information content (AvgIpc) is 2.37. The predicted molar refractivity (Wildman–Crippen MR) is 72.2 cm³/mol. The van der Waals surface area contributed by atoms with E-state index in [9.17, 15) is 18.3 Å². The molecule has 2 rings (SSSR count). The first-order chi connectivity index (χ1) is 8.91. The van der Waals surface area contributed by atoms with Crippen molar-refractivity contribution in [3.05, 3.63) is 67.9 Å². The van der Waals surface area contributed by atoms with Gasteiger partial charge in [-0.1, -0.05) is 15.9 Å². The van der Waals surface area contributed by atoms with Crippen molar-refractivity contribution in [1.82, 2.24) is 0 Å². The molecular formula is C13H7Br2F3O. The maximum atomic E-state index is 13.9. The molecule has 0 aliphatic heterocycles. The monoisotopic (exact) mass is 394 g/mol. The summed E-state index contributed by atoms with van der Waals surface area (Å²) in [4.78, 5) is 0. The summed E-state index contributed by atoms with van der Waals surface area (Å²) in [6, 6.07) is 5.78. The number of hydrogen-bond acceptors (Lipinski definition) is 1. The first kappa shape index (κ1) is 14.6. The zero-order valence-corrected chi connectivity index (χ0v) is 12.5. The third-order valence-electron chi connectivity index (χ3n) is 2.61. The fourth-order valence-electron chi connectivity index (χ4n) is 1.67. The molecule has 0 saturated heterocycles. The Morgan fingerprint density at radius 2 is 1.58 bits per heavy atom. The Morgan fingerprint density at radius 1 is 0.947 bits per heavy atom. The Balaban J connectivity index is 2.59. The largest absolute Gasteiger partial charge is 0.383 e. The molecule has 0 amide bonds. The number of aliphatic hydroxyl groups is 1. The van der Waals surface area contributed by atoms with Crippen LogP contribution in [-0.2, 0) is 0 Å². The molecule has 0 aliphatic rings. The minimum absolute atomic E-state index is 0.0236. The van der Waals surface area contributed by atoms with Crippen molar-refractivity contribution in [1.29, 1.82) is 0 Å². The van der Waals surface area contributed by atoms with Gasteiger partial charge >= 0.3 is 0 Å². The second kappa shape index (κ2) is 5.64. The summed E-state index contributed by atoms with van der Waals surface area (Å²) in [5.41, 5.74) is -0.475. The molecule has 2 aromatic rings. The molecule has 0 aromatic heterocycles. The van der Waals surface area contributed by atoms with Crippen LogP contribution in [0, 0.1) is 17.5 Å². The molecule has 1 unspecified atom stereocenters. The lowest BCUT2D eigenvalue weighted by Gasteiger charge is -2.15. The normalized spacial score (nSPS) is 12.5. The second-order valence-corrected chi connectivity index (χ2v) is 5.53. The van der Waals surface area contributed by atoms with Gasteiger partial charge in [-0.25, -0.2) is 13.2 Å². The van der Waals surface area contributed by atoms with Gasteiger partial charge in [0.05, 0.1) is 10.0 Å². The molecule has 0 saturated carbocycles. The molecule has 1 nitrogen and oxygen atoms in total. The fraction of sp³-hybridized carbons (Fsp3) is 0.0769. The molecule has 0 heterocycles. The SMILES string of the molecule is OC(c1cc(F)ccc1Br)c1c(F)ccc(Br)c1F. The van der Waals surface area contributed by atoms with Crippen LogP contribution in [0.1, 0.15) is 17.2 Å². The molecule has 6 heteroatoms. The van der Waals surface area contributed by atoms with Crippen LogP contribution in [0.5, 0.6) is 0 Å². The van der Waals surface area contributed by atoms with Crippen LogP contribution < -0.4 is 0 Å². The molecule has 19 heavy (non-hydrogen) atoms. The van der Waals surface area contributed by atoms with Crippen molar-refractivity contribution in [2.24, 2.45) is 0 Å². The lowest BCUT2D eigenvalue weighted by Crippen LogP contribution is -2.07. The molecule has 0 radical (unpaired) electrons. The van der Waals surface area contributed by atoms with Gasteiger partial charge < -0.3 is 5.11 Å². The third kappa shape index (κ3) is 2.85. The number of hydrogen-bond donors (Lipinski definition) is 1. The summed E-state index contributed by atoms with van der Waals surface area (Å²) in [5.74, 6) is -2.42. The lowest BCUT2D eigenvalue weighted by molar-refractivity contribution is 0.207. The van der Waals surface area contributed by atoms with E-state index in [2.05, 4.69) is 31.9 Å². The molecule has 1 N–H and O–H groups in total. The van der Waals surface area contributed by atoms with Crippen molar-refractivity contribution < 1.29 is 18.3 Å². The van der Waals surface area contributed by atoms with Crippen molar-refractivity contribution in [2.75, 3.05) is 0 Å². The van der Waals surface area contributed by atoms with Gasteiger partial charge in [0.2, 0.25) is 0 Å². The molecule has 0 aliphatic carbocycles. The van der Waals surface area contributed by atoms with Gasteiger partial charge in [0.25, 0.3) is 0 Å². The van der Waals surface area contributed by atoms with Gasteiger partial charge in [-0.3, -0.25) is 0 Å². The van der Waals surface area contributed by atoms with Gasteiger partial charge in [-0.05, 0) is 46.3 Å². The molecule has 100 valence electrons. The number of aliphatic hydroxyl groups excluding tert-OH is 1. The molecule has 0 bridgehead atoms. The first-order valence-corrected chi connectivity index (χ1v) is 6.77. The van der Waals surface area contributed by atoms with Crippen LogP contribution in [0.3, 0.4) is 0 Å². The number of rotatable bonds is 2. The van der Waals surface area contributed by atoms with Crippen LogP contribution >= 0.6 is 31.9 Å². The van der Waals surface area contributed by atoms with E-state index in [0.717, 1.165) is 12.1 Å². The standard InChI is InChI=1S/C13H7Br2F3O/c14-8-2-1-6(16)5-7(8)13(19)11-10(17)4-3-9(15)12(11)18/h1-5,13,19H. The zero-order chi connectivity index (χ0) is 14.2. The van der Waals surface area contributed by atoms with Crippen LogP contribution in [-0.4, -0.2) is 5.11 Å². The maximum absolute atomic E-state index is 13.9. The summed E-state index contributed by atoms with van der Waals surface area (Å²) in [6.07, 6.45) is -1.61. The fourth-order valence-corrected chi connectivity index (χ4v) is 2.48. The highest BCUT2D eigenvalue weighted by atomic mass is 79.9. The van der Waals surface area contributed by atoms with Crippen molar-refractivity contribution in [3.63, 3.8) is 0 Å². The summed E-state index contributed by atoms with van der Waals surface area (Å²) in [5, 5.41) is 10.1. The van der Waals surface area contributed by atoms with Gasteiger partial charge in [0, 0.05) is 10.0 Å². The minimum Gasteiger partial charge on any atom is -0.383 e. The Hall–Kier alpha value is -0.850. The Kier molecular flexibility index (Phi) is 4.32. The highest BCUT2D eigenvalue weighted by Gasteiger charge is 2.23. The molecule has 2 aromatic carbocycles. The van der Waals surface area contributed by atoms with E-state index in [-0.39, 0.29) is 10.0 Å². The quantitative estimate of drug-likeness (QED) is 0.730. The molecule has 0 spiro atoms. The van der Waals surface area contributed by atoms with Crippen LogP contribution in [0.25, 0.3) is 0 Å². The van der Waals surface area contributed by atoms with E-state index in [0.29, 0.717) is 4.47 Å². The minimum atomic E-state index is -1.61. The van der Waals surface area contributed by atoms with Crippen molar-refractivity contribution in [3.8, 4) is 0 Å². The Labute approximate surface area is 124 Å². The number of benzene rings is 2. The summed E-state index contributed by atoms with van der Waals surface area (Å²) >= 11 is 6.03. The first-order valence-electron chi connectivity index (χ1n) is 5.18. The van der Waals surface area contributed by atoms with E-state index < -0.39 is 29.1 Å². The van der Waals surface area contributed by atoms with E-state index in [1.165, 1.54) is 18.2 Å². The van der Waals surface area contributed by atoms with Gasteiger partial charge in [0.15, 0.2) is 0 Å². The summed E-state index contributed by atoms with van der Waals surface area (Å²) in [6.45, 7) is 0. The maximum Gasteiger partial charge on any atom is 0.146 e. The van der Waals surface area contributed by atoms with Gasteiger partial charge in [-0.2, -0.15) is 0 Å². The van der Waals surface area contributed by atoms with Crippen molar-refractivity contribution in [2.45, 2.75) is 6.10 Å². The van der Waals surface area contributed by atoms with E-state index in [1.807, 2.05) is 0 Å².